The van der Waals surface area contributed by atoms with Crippen LogP contribution in [0.3, 0.4) is 0 Å². The zero-order valence-electron chi connectivity index (χ0n) is 42.9. The van der Waals surface area contributed by atoms with Crippen LogP contribution in [0.15, 0.2) is 97.2 Å². The minimum atomic E-state index is -0.809. The minimum absolute atomic E-state index is 0.107. The quantitative estimate of drug-likeness (QED) is 0.0262. The predicted molar refractivity (Wildman–Crippen MR) is 284 cm³/mol. The maximum Gasteiger partial charge on any atom is 0.306 e. The molecule has 0 aromatic rings. The summed E-state index contributed by atoms with van der Waals surface area (Å²) in [6, 6.07) is 0. The van der Waals surface area contributed by atoms with Crippen molar-refractivity contribution in [3.05, 3.63) is 97.2 Å². The van der Waals surface area contributed by atoms with Crippen LogP contribution in [0.2, 0.25) is 0 Å². The van der Waals surface area contributed by atoms with Crippen molar-refractivity contribution in [2.75, 3.05) is 13.2 Å². The molecule has 0 fully saturated rings. The van der Waals surface area contributed by atoms with E-state index in [1.807, 2.05) is 0 Å². The molecule has 0 radical (unpaired) electrons. The summed E-state index contributed by atoms with van der Waals surface area (Å²) < 4.78 is 16.8. The van der Waals surface area contributed by atoms with E-state index < -0.39 is 6.10 Å². The molecular formula is C60H100O6. The van der Waals surface area contributed by atoms with Gasteiger partial charge in [0.05, 0.1) is 0 Å². The second-order valence-electron chi connectivity index (χ2n) is 17.7. The monoisotopic (exact) mass is 917 g/mol. The van der Waals surface area contributed by atoms with Crippen LogP contribution < -0.4 is 0 Å². The third-order valence-electron chi connectivity index (χ3n) is 11.3. The predicted octanol–water partition coefficient (Wildman–Crippen LogP) is 18.1. The number of allylic oxidation sites excluding steroid dienone is 16. The van der Waals surface area contributed by atoms with E-state index in [4.69, 9.17) is 14.2 Å². The van der Waals surface area contributed by atoms with E-state index in [1.54, 1.807) is 0 Å². The lowest BCUT2D eigenvalue weighted by Crippen LogP contribution is -2.30. The second-order valence-corrected chi connectivity index (χ2v) is 17.7. The van der Waals surface area contributed by atoms with Crippen LogP contribution in [0.5, 0.6) is 0 Å². The summed E-state index contributed by atoms with van der Waals surface area (Å²) in [6.07, 6.45) is 71.0. The Morgan fingerprint density at radius 3 is 1.00 bits per heavy atom. The van der Waals surface area contributed by atoms with Gasteiger partial charge in [-0.2, -0.15) is 0 Å². The molecule has 0 unspecified atom stereocenters. The Labute approximate surface area is 407 Å². The smallest absolute Gasteiger partial charge is 0.306 e. The highest BCUT2D eigenvalue weighted by Gasteiger charge is 2.19. The van der Waals surface area contributed by atoms with Crippen molar-refractivity contribution in [2.24, 2.45) is 0 Å². The SMILES string of the molecule is CC/C=C\C/C=C\C/C=C\C/C=C\CCCCC(=O)OC[C@H](COC(=O)CCCCCC/C=C\C/C=C\C/C=C\CCCCC)OC(=O)CCCCCCC/C=C\CCCCCCCCC. The van der Waals surface area contributed by atoms with E-state index in [0.717, 1.165) is 122 Å². The van der Waals surface area contributed by atoms with Gasteiger partial charge in [-0.15, -0.1) is 0 Å². The number of carbonyl (C=O) groups is 3. The first kappa shape index (κ1) is 62.3. The maximum atomic E-state index is 12.8. The molecule has 0 heterocycles. The Morgan fingerprint density at radius 2 is 0.591 bits per heavy atom. The van der Waals surface area contributed by atoms with Crippen molar-refractivity contribution in [1.29, 1.82) is 0 Å². The molecule has 0 aliphatic carbocycles. The molecule has 0 aromatic carbocycles. The Hall–Kier alpha value is -3.67. The Balaban J connectivity index is 4.51. The van der Waals surface area contributed by atoms with E-state index in [-0.39, 0.29) is 31.1 Å². The lowest BCUT2D eigenvalue weighted by Gasteiger charge is -2.18. The van der Waals surface area contributed by atoms with Crippen molar-refractivity contribution < 1.29 is 28.6 Å². The van der Waals surface area contributed by atoms with Crippen molar-refractivity contribution in [3.63, 3.8) is 0 Å². The van der Waals surface area contributed by atoms with Gasteiger partial charge in [-0.05, 0) is 122 Å². The summed E-state index contributed by atoms with van der Waals surface area (Å²) in [4.78, 5) is 38.1. The summed E-state index contributed by atoms with van der Waals surface area (Å²) in [5.74, 6) is -0.977. The Bertz CT molecular complexity index is 1330. The van der Waals surface area contributed by atoms with Gasteiger partial charge in [0.1, 0.15) is 13.2 Å². The summed E-state index contributed by atoms with van der Waals surface area (Å²) >= 11 is 0. The molecule has 0 spiro atoms. The first-order valence-corrected chi connectivity index (χ1v) is 27.2. The summed E-state index contributed by atoms with van der Waals surface area (Å²) in [5.41, 5.74) is 0. The highest BCUT2D eigenvalue weighted by Crippen LogP contribution is 2.13. The summed E-state index contributed by atoms with van der Waals surface area (Å²) in [6.45, 7) is 6.43. The van der Waals surface area contributed by atoms with Gasteiger partial charge in [0.2, 0.25) is 0 Å². The number of rotatable bonds is 48. The van der Waals surface area contributed by atoms with E-state index in [2.05, 4.69) is 118 Å². The molecule has 0 aliphatic heterocycles. The standard InChI is InChI=1S/C60H100O6/c1-4-7-10-13-16-19-22-25-28-30-33-35-38-41-44-47-50-53-59(62)65-56-57(55-64-58(61)52-49-46-43-40-37-34-31-27-24-21-18-15-12-9-6-3)66-60(63)54-51-48-45-42-39-36-32-29-26-23-20-17-14-11-8-5-2/h9,12,16,18-19,21,25,27-29,31-33,35,37,40,57H,4-8,10-11,13-15,17,20,22-24,26,30,34,36,38-39,41-56H2,1-3H3/b12-9-,19-16-,21-18-,28-25-,31-27-,32-29-,35-33-,40-37-/t57-/m1/s1. The second kappa shape index (κ2) is 53.9. The van der Waals surface area contributed by atoms with E-state index in [9.17, 15) is 14.4 Å². The normalized spacial score (nSPS) is 12.8. The van der Waals surface area contributed by atoms with Crippen LogP contribution in [-0.4, -0.2) is 37.2 Å². The molecule has 376 valence electrons. The summed E-state index contributed by atoms with van der Waals surface area (Å²) in [5, 5.41) is 0. The van der Waals surface area contributed by atoms with Crippen molar-refractivity contribution >= 4 is 17.9 Å². The van der Waals surface area contributed by atoms with Gasteiger partial charge >= 0.3 is 17.9 Å². The van der Waals surface area contributed by atoms with Crippen LogP contribution in [-0.2, 0) is 28.6 Å². The molecule has 0 rings (SSSR count). The van der Waals surface area contributed by atoms with Crippen molar-refractivity contribution in [3.8, 4) is 0 Å². The van der Waals surface area contributed by atoms with Gasteiger partial charge in [-0.3, -0.25) is 14.4 Å². The number of hydrogen-bond donors (Lipinski definition) is 0. The third kappa shape index (κ3) is 51.3. The van der Waals surface area contributed by atoms with Crippen LogP contribution in [0.25, 0.3) is 0 Å². The fraction of sp³-hybridized carbons (Fsp3) is 0.683. The number of hydrogen-bond acceptors (Lipinski definition) is 6. The highest BCUT2D eigenvalue weighted by atomic mass is 16.6. The van der Waals surface area contributed by atoms with Crippen LogP contribution in [0.4, 0.5) is 0 Å². The van der Waals surface area contributed by atoms with E-state index >= 15 is 0 Å². The zero-order chi connectivity index (χ0) is 47.9. The largest absolute Gasteiger partial charge is 0.462 e. The molecule has 0 saturated carbocycles. The minimum Gasteiger partial charge on any atom is -0.462 e. The van der Waals surface area contributed by atoms with Crippen molar-refractivity contribution in [2.45, 2.75) is 252 Å². The molecule has 1 atom stereocenters. The Kier molecular flexibility index (Phi) is 50.9. The fourth-order valence-corrected chi connectivity index (χ4v) is 7.20. The van der Waals surface area contributed by atoms with Crippen LogP contribution in [0, 0.1) is 0 Å². The van der Waals surface area contributed by atoms with E-state index in [1.165, 1.54) is 83.5 Å². The van der Waals surface area contributed by atoms with E-state index in [0.29, 0.717) is 19.3 Å². The first-order chi connectivity index (χ1) is 32.5. The third-order valence-corrected chi connectivity index (χ3v) is 11.3. The zero-order valence-corrected chi connectivity index (χ0v) is 42.9. The maximum absolute atomic E-state index is 12.8. The number of ether oxygens (including phenoxy) is 3. The van der Waals surface area contributed by atoms with Gasteiger partial charge in [-0.1, -0.05) is 201 Å². The summed E-state index contributed by atoms with van der Waals surface area (Å²) in [7, 11) is 0. The number of carbonyl (C=O) groups excluding carboxylic acids is 3. The number of esters is 3. The topological polar surface area (TPSA) is 78.9 Å². The molecule has 0 aromatic heterocycles. The number of unbranched alkanes of at least 4 members (excludes halogenated alkanes) is 21. The molecule has 6 nitrogen and oxygen atoms in total. The average Bonchev–Trinajstić information content (AvgIpc) is 3.31. The molecule has 66 heavy (non-hydrogen) atoms. The lowest BCUT2D eigenvalue weighted by atomic mass is 10.1. The van der Waals surface area contributed by atoms with Crippen molar-refractivity contribution in [1.82, 2.24) is 0 Å². The molecule has 0 N–H and O–H groups in total. The molecule has 0 aliphatic rings. The van der Waals surface area contributed by atoms with Crippen LogP contribution >= 0.6 is 0 Å². The molecule has 0 bridgehead atoms. The fourth-order valence-electron chi connectivity index (χ4n) is 7.20. The molecule has 0 amide bonds. The van der Waals surface area contributed by atoms with Gasteiger partial charge in [0.15, 0.2) is 6.10 Å². The molecular weight excluding hydrogens is 817 g/mol. The lowest BCUT2D eigenvalue weighted by molar-refractivity contribution is -0.167. The van der Waals surface area contributed by atoms with Gasteiger partial charge in [-0.25, -0.2) is 0 Å². The van der Waals surface area contributed by atoms with Gasteiger partial charge in [0, 0.05) is 19.3 Å². The molecule has 6 heteroatoms. The molecule has 0 saturated heterocycles. The first-order valence-electron chi connectivity index (χ1n) is 27.2. The van der Waals surface area contributed by atoms with Gasteiger partial charge < -0.3 is 14.2 Å². The highest BCUT2D eigenvalue weighted by molar-refractivity contribution is 5.71. The average molecular weight is 917 g/mol. The van der Waals surface area contributed by atoms with Gasteiger partial charge in [0.25, 0.3) is 0 Å². The Morgan fingerprint density at radius 1 is 0.318 bits per heavy atom. The van der Waals surface area contributed by atoms with Crippen LogP contribution in [0.1, 0.15) is 245 Å².